The highest BCUT2D eigenvalue weighted by atomic mass is 35.6. The van der Waals surface area contributed by atoms with E-state index in [0.29, 0.717) is 0 Å². The highest BCUT2D eigenvalue weighted by Gasteiger charge is 2.20. The van der Waals surface area contributed by atoms with Gasteiger partial charge >= 0.3 is 0 Å². The minimum absolute atomic E-state index is 0.867. The molecule has 0 saturated carbocycles. The molecule has 0 aliphatic heterocycles. The summed E-state index contributed by atoms with van der Waals surface area (Å²) in [5.41, 5.74) is 0. The van der Waals surface area contributed by atoms with Crippen molar-refractivity contribution >= 4 is 52.0 Å². The minimum Gasteiger partial charge on any atom is -0.418 e. The molecule has 0 aliphatic rings. The summed E-state index contributed by atoms with van der Waals surface area (Å²) in [7, 11) is -2.53. The van der Waals surface area contributed by atoms with Crippen molar-refractivity contribution < 1.29 is 4.43 Å². The van der Waals surface area contributed by atoms with E-state index in [-0.39, 0.29) is 0 Å². The average molecular weight is 347 g/mol. The Morgan fingerprint density at radius 1 is 0.944 bits per heavy atom. The zero-order chi connectivity index (χ0) is 14.7. The first kappa shape index (κ1) is 21.7. The molecule has 18 heavy (non-hydrogen) atoms. The van der Waals surface area contributed by atoms with Gasteiger partial charge in [-0.2, -0.15) is 36.3 Å². The molecule has 0 rings (SSSR count). The SMILES string of the molecule is CCO[Si](C)(C)CCCS.C[Si](C)(Cl)CCCS. The third-order valence-electron chi connectivity index (χ3n) is 2.40. The van der Waals surface area contributed by atoms with Crippen LogP contribution in [0.4, 0.5) is 0 Å². The van der Waals surface area contributed by atoms with Crippen molar-refractivity contribution in [1.29, 1.82) is 0 Å². The van der Waals surface area contributed by atoms with Gasteiger partial charge in [0.2, 0.25) is 0 Å². The molecule has 6 heteroatoms. The predicted molar refractivity (Wildman–Crippen MR) is 99.0 cm³/mol. The van der Waals surface area contributed by atoms with Crippen LogP contribution in [0.1, 0.15) is 19.8 Å². The van der Waals surface area contributed by atoms with E-state index < -0.39 is 15.7 Å². The van der Waals surface area contributed by atoms with Crippen LogP contribution in [0, 0.1) is 0 Å². The predicted octanol–water partition coefficient (Wildman–Crippen LogP) is 5.30. The van der Waals surface area contributed by atoms with Crippen molar-refractivity contribution in [2.75, 3.05) is 18.1 Å². The van der Waals surface area contributed by atoms with Crippen LogP contribution in [-0.2, 0) is 4.43 Å². The van der Waals surface area contributed by atoms with Crippen LogP contribution in [0.5, 0.6) is 0 Å². The smallest absolute Gasteiger partial charge is 0.186 e. The van der Waals surface area contributed by atoms with Crippen LogP contribution in [0.3, 0.4) is 0 Å². The molecule has 0 atom stereocenters. The molecule has 0 radical (unpaired) electrons. The van der Waals surface area contributed by atoms with E-state index in [1.807, 2.05) is 0 Å². The third kappa shape index (κ3) is 19.7. The Bertz CT molecular complexity index is 187. The fourth-order valence-corrected chi connectivity index (χ4v) is 5.75. The minimum atomic E-state index is -1.27. The second-order valence-corrected chi connectivity index (χ2v) is 17.8. The third-order valence-corrected chi connectivity index (χ3v) is 7.77. The summed E-state index contributed by atoms with van der Waals surface area (Å²) in [5.74, 6) is 1.96. The molecule has 1 nitrogen and oxygen atoms in total. The van der Waals surface area contributed by atoms with Gasteiger partial charge in [-0.3, -0.25) is 0 Å². The van der Waals surface area contributed by atoms with E-state index in [1.165, 1.54) is 24.9 Å². The highest BCUT2D eigenvalue weighted by Crippen LogP contribution is 2.16. The Balaban J connectivity index is 0. The molecule has 0 aromatic heterocycles. The van der Waals surface area contributed by atoms with Crippen molar-refractivity contribution in [3.8, 4) is 0 Å². The van der Waals surface area contributed by atoms with E-state index >= 15 is 0 Å². The number of thiol groups is 2. The first-order chi connectivity index (χ1) is 8.18. The molecule has 0 N–H and O–H groups in total. The molecule has 0 aliphatic carbocycles. The van der Waals surface area contributed by atoms with Gasteiger partial charge in [-0.25, -0.2) is 0 Å². The molecular weight excluding hydrogens is 316 g/mol. The number of halogens is 1. The monoisotopic (exact) mass is 346 g/mol. The average Bonchev–Trinajstić information content (AvgIpc) is 2.23. The summed E-state index contributed by atoms with van der Waals surface area (Å²) < 4.78 is 5.64. The second-order valence-electron chi connectivity index (χ2n) is 5.57. The van der Waals surface area contributed by atoms with Gasteiger partial charge < -0.3 is 4.43 Å². The molecular formula is C12H31ClOS2Si2. The molecule has 112 valence electrons. The molecule has 0 aromatic carbocycles. The van der Waals surface area contributed by atoms with Gasteiger partial charge in [0.1, 0.15) is 0 Å². The van der Waals surface area contributed by atoms with Crippen molar-refractivity contribution in [2.24, 2.45) is 0 Å². The van der Waals surface area contributed by atoms with Crippen LogP contribution in [0.2, 0.25) is 38.3 Å². The van der Waals surface area contributed by atoms with Gasteiger partial charge in [-0.15, -0.1) is 0 Å². The first-order valence-corrected chi connectivity index (χ1v) is 15.3. The van der Waals surface area contributed by atoms with E-state index in [1.54, 1.807) is 0 Å². The van der Waals surface area contributed by atoms with E-state index in [9.17, 15) is 0 Å². The van der Waals surface area contributed by atoms with Crippen LogP contribution in [0.25, 0.3) is 0 Å². The molecule has 0 aromatic rings. The molecule has 0 saturated heterocycles. The lowest BCUT2D eigenvalue weighted by Gasteiger charge is -2.20. The zero-order valence-electron chi connectivity index (χ0n) is 12.6. The van der Waals surface area contributed by atoms with Crippen molar-refractivity contribution in [1.82, 2.24) is 0 Å². The van der Waals surface area contributed by atoms with Crippen LogP contribution in [-0.4, -0.2) is 33.8 Å². The van der Waals surface area contributed by atoms with Gasteiger partial charge in [-0.1, -0.05) is 13.1 Å². The lowest BCUT2D eigenvalue weighted by atomic mass is 10.6. The Labute approximate surface area is 132 Å². The summed E-state index contributed by atoms with van der Waals surface area (Å²) in [4.78, 5) is 0. The van der Waals surface area contributed by atoms with Crippen LogP contribution in [0.15, 0.2) is 0 Å². The Morgan fingerprint density at radius 2 is 1.39 bits per heavy atom. The maximum atomic E-state index is 6.02. The number of rotatable bonds is 8. The summed E-state index contributed by atoms with van der Waals surface area (Å²) in [5, 5.41) is 0. The van der Waals surface area contributed by atoms with Crippen molar-refractivity contribution in [3.05, 3.63) is 0 Å². The number of hydrogen-bond donors (Lipinski definition) is 2. The molecule has 0 spiro atoms. The van der Waals surface area contributed by atoms with E-state index in [0.717, 1.165) is 18.1 Å². The maximum Gasteiger partial charge on any atom is 0.186 e. The summed E-state index contributed by atoms with van der Waals surface area (Å²) in [6.45, 7) is 11.8. The van der Waals surface area contributed by atoms with Gasteiger partial charge in [0.05, 0.1) is 0 Å². The van der Waals surface area contributed by atoms with Gasteiger partial charge in [0, 0.05) is 6.61 Å². The van der Waals surface area contributed by atoms with Crippen LogP contribution >= 0.6 is 36.3 Å². The van der Waals surface area contributed by atoms with Crippen LogP contribution < -0.4 is 0 Å². The zero-order valence-corrected chi connectivity index (χ0v) is 17.2. The quantitative estimate of drug-likeness (QED) is 0.344. The fourth-order valence-electron chi connectivity index (χ4n) is 1.47. The second kappa shape index (κ2) is 12.1. The largest absolute Gasteiger partial charge is 0.418 e. The standard InChI is InChI=1S/C7H18OSSi.C5H13ClSSi/c1-4-8-10(2,3)7-5-6-9;1-8(2,6)5-3-4-7/h9H,4-7H2,1-3H3;7H,3-5H2,1-2H3. The Kier molecular flexibility index (Phi) is 14.6. The molecule has 0 heterocycles. The molecule has 0 fully saturated rings. The topological polar surface area (TPSA) is 9.23 Å². The van der Waals surface area contributed by atoms with Gasteiger partial charge in [0.15, 0.2) is 15.7 Å². The molecule has 0 amide bonds. The van der Waals surface area contributed by atoms with Gasteiger partial charge in [-0.05, 0) is 56.5 Å². The maximum absolute atomic E-state index is 6.02. The van der Waals surface area contributed by atoms with Crippen molar-refractivity contribution in [3.63, 3.8) is 0 Å². The van der Waals surface area contributed by atoms with Crippen molar-refractivity contribution in [2.45, 2.75) is 58.0 Å². The van der Waals surface area contributed by atoms with E-state index in [2.05, 4.69) is 58.4 Å². The van der Waals surface area contributed by atoms with Gasteiger partial charge in [0.25, 0.3) is 0 Å². The van der Waals surface area contributed by atoms with E-state index in [4.69, 9.17) is 15.5 Å². The Hall–Kier alpha value is 1.38. The Morgan fingerprint density at radius 3 is 1.67 bits per heavy atom. The fraction of sp³-hybridized carbons (Fsp3) is 1.00. The number of hydrogen-bond acceptors (Lipinski definition) is 3. The lowest BCUT2D eigenvalue weighted by Crippen LogP contribution is -2.29. The summed E-state index contributed by atoms with van der Waals surface area (Å²) >= 11 is 14.3. The summed E-state index contributed by atoms with van der Waals surface area (Å²) in [6, 6.07) is 2.43. The normalized spacial score (nSPS) is 12.0. The summed E-state index contributed by atoms with van der Waals surface area (Å²) in [6.07, 6.45) is 2.37. The first-order valence-electron chi connectivity index (χ1n) is 6.73. The molecule has 0 bridgehead atoms. The lowest BCUT2D eigenvalue weighted by molar-refractivity contribution is 0.328. The highest BCUT2D eigenvalue weighted by molar-refractivity contribution is 7.80. The molecule has 0 unspecified atom stereocenters.